The summed E-state index contributed by atoms with van der Waals surface area (Å²) in [5.41, 5.74) is 1.76. The van der Waals surface area contributed by atoms with Crippen LogP contribution in [0.1, 0.15) is 41.8 Å². The van der Waals surface area contributed by atoms with Crippen LogP contribution in [0.2, 0.25) is 0 Å². The van der Waals surface area contributed by atoms with E-state index in [1.54, 1.807) is 12.1 Å². The highest BCUT2D eigenvalue weighted by atomic mass is 16.5. The number of hydrogen-bond donors (Lipinski definition) is 2. The molecule has 194 valence electrons. The smallest absolute Gasteiger partial charge is 0.335 e. The van der Waals surface area contributed by atoms with Crippen molar-refractivity contribution in [2.45, 2.75) is 38.9 Å². The summed E-state index contributed by atoms with van der Waals surface area (Å²) >= 11 is 0. The lowest BCUT2D eigenvalue weighted by Crippen LogP contribution is -2.54. The highest BCUT2D eigenvalue weighted by Gasteiger charge is 2.32. The lowest BCUT2D eigenvalue weighted by Gasteiger charge is -2.32. The molecule has 0 bridgehead atoms. The summed E-state index contributed by atoms with van der Waals surface area (Å²) in [4.78, 5) is 28.7. The molecule has 0 aliphatic carbocycles. The second-order valence-corrected chi connectivity index (χ2v) is 9.96. The van der Waals surface area contributed by atoms with Gasteiger partial charge in [0.1, 0.15) is 11.5 Å². The van der Waals surface area contributed by atoms with Gasteiger partial charge in [-0.1, -0.05) is 42.5 Å². The Balaban J connectivity index is 1.26. The molecule has 2 N–H and O–H groups in total. The number of amides is 1. The molecular formula is C30H35N3O4. The van der Waals surface area contributed by atoms with Crippen molar-refractivity contribution in [3.05, 3.63) is 95.6 Å². The van der Waals surface area contributed by atoms with Crippen LogP contribution in [0.5, 0.6) is 11.5 Å². The van der Waals surface area contributed by atoms with Crippen molar-refractivity contribution in [3.63, 3.8) is 0 Å². The van der Waals surface area contributed by atoms with Gasteiger partial charge in [0.2, 0.25) is 5.91 Å². The normalized spacial score (nSPS) is 14.7. The van der Waals surface area contributed by atoms with Crippen LogP contribution in [0.25, 0.3) is 0 Å². The summed E-state index contributed by atoms with van der Waals surface area (Å²) < 4.78 is 5.86. The van der Waals surface area contributed by atoms with Gasteiger partial charge in [-0.3, -0.25) is 15.0 Å². The van der Waals surface area contributed by atoms with Crippen LogP contribution in [0.4, 0.5) is 0 Å². The summed E-state index contributed by atoms with van der Waals surface area (Å²) in [6.07, 6.45) is 0.901. The van der Waals surface area contributed by atoms with E-state index in [1.165, 1.54) is 0 Å². The molecule has 1 aliphatic rings. The fraction of sp³-hybridized carbons (Fsp3) is 0.333. The van der Waals surface area contributed by atoms with E-state index in [0.29, 0.717) is 18.7 Å². The third kappa shape index (κ3) is 7.41. The summed E-state index contributed by atoms with van der Waals surface area (Å²) in [6.45, 7) is 8.28. The summed E-state index contributed by atoms with van der Waals surface area (Å²) in [7, 11) is 0. The van der Waals surface area contributed by atoms with Gasteiger partial charge >= 0.3 is 5.97 Å². The van der Waals surface area contributed by atoms with E-state index in [0.717, 1.165) is 55.2 Å². The quantitative estimate of drug-likeness (QED) is 0.439. The Morgan fingerprint density at radius 2 is 1.49 bits per heavy atom. The van der Waals surface area contributed by atoms with Gasteiger partial charge in [-0.05, 0) is 67.8 Å². The highest BCUT2D eigenvalue weighted by molar-refractivity contribution is 5.87. The van der Waals surface area contributed by atoms with E-state index in [4.69, 9.17) is 9.84 Å². The molecule has 1 saturated heterocycles. The van der Waals surface area contributed by atoms with Crippen molar-refractivity contribution < 1.29 is 19.4 Å². The predicted octanol–water partition coefficient (Wildman–Crippen LogP) is 4.78. The van der Waals surface area contributed by atoms with Gasteiger partial charge in [0.05, 0.1) is 11.1 Å². The van der Waals surface area contributed by atoms with Gasteiger partial charge < -0.3 is 14.7 Å². The van der Waals surface area contributed by atoms with Crippen LogP contribution < -0.4 is 10.1 Å². The number of carboxylic acid groups (broad SMARTS) is 1. The molecule has 3 aromatic carbocycles. The molecule has 1 amide bonds. The number of rotatable bonds is 9. The molecular weight excluding hydrogens is 466 g/mol. The summed E-state index contributed by atoms with van der Waals surface area (Å²) in [6, 6.07) is 24.6. The maximum atomic E-state index is 13.4. The SMILES string of the molecule is CC(C)(NCc1ccc(Oc2ccccc2)cc1)C(=O)N1CCCN(Cc2ccc(C(=O)O)cc2)CC1. The fourth-order valence-corrected chi connectivity index (χ4v) is 4.44. The number of ether oxygens (including phenoxy) is 1. The van der Waals surface area contributed by atoms with E-state index < -0.39 is 11.5 Å². The Morgan fingerprint density at radius 1 is 0.838 bits per heavy atom. The molecule has 7 nitrogen and oxygen atoms in total. The van der Waals surface area contributed by atoms with Gasteiger partial charge in [-0.2, -0.15) is 0 Å². The average Bonchev–Trinajstić information content (AvgIpc) is 3.14. The van der Waals surface area contributed by atoms with E-state index in [-0.39, 0.29) is 5.91 Å². The van der Waals surface area contributed by atoms with E-state index >= 15 is 0 Å². The van der Waals surface area contributed by atoms with Crippen LogP contribution in [0.3, 0.4) is 0 Å². The van der Waals surface area contributed by atoms with Gasteiger partial charge in [-0.25, -0.2) is 4.79 Å². The zero-order chi connectivity index (χ0) is 26.3. The Kier molecular flexibility index (Phi) is 8.58. The average molecular weight is 502 g/mol. The van der Waals surface area contributed by atoms with Crippen LogP contribution in [0.15, 0.2) is 78.9 Å². The number of carbonyl (C=O) groups excluding carboxylic acids is 1. The zero-order valence-corrected chi connectivity index (χ0v) is 21.5. The zero-order valence-electron chi connectivity index (χ0n) is 21.5. The summed E-state index contributed by atoms with van der Waals surface area (Å²) in [5.74, 6) is 0.759. The van der Waals surface area contributed by atoms with Crippen LogP contribution in [-0.2, 0) is 17.9 Å². The molecule has 0 radical (unpaired) electrons. The minimum absolute atomic E-state index is 0.101. The molecule has 4 rings (SSSR count). The molecule has 0 saturated carbocycles. The van der Waals surface area contributed by atoms with E-state index in [9.17, 15) is 9.59 Å². The van der Waals surface area contributed by atoms with Crippen molar-refractivity contribution in [1.82, 2.24) is 15.1 Å². The molecule has 7 heteroatoms. The minimum Gasteiger partial charge on any atom is -0.478 e. The number of para-hydroxylation sites is 1. The summed E-state index contributed by atoms with van der Waals surface area (Å²) in [5, 5.41) is 12.5. The number of nitrogens with zero attached hydrogens (tertiary/aromatic N) is 2. The number of carboxylic acids is 1. The van der Waals surface area contributed by atoms with Crippen LogP contribution in [-0.4, -0.2) is 58.5 Å². The Bertz CT molecular complexity index is 1180. The first kappa shape index (κ1) is 26.4. The van der Waals surface area contributed by atoms with Crippen molar-refractivity contribution in [3.8, 4) is 11.5 Å². The van der Waals surface area contributed by atoms with E-state index in [1.807, 2.05) is 85.5 Å². The number of nitrogens with one attached hydrogen (secondary N) is 1. The Morgan fingerprint density at radius 3 is 2.16 bits per heavy atom. The fourth-order valence-electron chi connectivity index (χ4n) is 4.44. The monoisotopic (exact) mass is 501 g/mol. The van der Waals surface area contributed by atoms with Gasteiger partial charge in [0, 0.05) is 39.3 Å². The standard InChI is InChI=1S/C30H35N3O4/c1-30(2,31-21-23-11-15-27(16-12-23)37-26-7-4-3-5-8-26)29(36)33-18-6-17-32(19-20-33)22-24-9-13-25(14-10-24)28(34)35/h3-5,7-16,31H,6,17-22H2,1-2H3,(H,34,35). The van der Waals surface area contributed by atoms with Gasteiger partial charge in [0.25, 0.3) is 0 Å². The molecule has 0 aromatic heterocycles. The van der Waals surface area contributed by atoms with E-state index in [2.05, 4.69) is 10.2 Å². The Hall–Kier alpha value is -3.68. The molecule has 0 unspecified atom stereocenters. The third-order valence-corrected chi connectivity index (χ3v) is 6.65. The molecule has 1 heterocycles. The molecule has 1 aliphatic heterocycles. The van der Waals surface area contributed by atoms with Crippen molar-refractivity contribution in [2.75, 3.05) is 26.2 Å². The van der Waals surface area contributed by atoms with Gasteiger partial charge in [0.15, 0.2) is 0 Å². The van der Waals surface area contributed by atoms with Crippen molar-refractivity contribution in [1.29, 1.82) is 0 Å². The van der Waals surface area contributed by atoms with Crippen molar-refractivity contribution >= 4 is 11.9 Å². The van der Waals surface area contributed by atoms with Crippen LogP contribution in [0, 0.1) is 0 Å². The topological polar surface area (TPSA) is 82.1 Å². The first-order chi connectivity index (χ1) is 17.8. The molecule has 0 atom stereocenters. The van der Waals surface area contributed by atoms with Crippen LogP contribution >= 0.6 is 0 Å². The lowest BCUT2D eigenvalue weighted by molar-refractivity contribution is -0.137. The molecule has 37 heavy (non-hydrogen) atoms. The Labute approximate surface area is 218 Å². The lowest BCUT2D eigenvalue weighted by atomic mass is 10.0. The van der Waals surface area contributed by atoms with Gasteiger partial charge in [-0.15, -0.1) is 0 Å². The first-order valence-electron chi connectivity index (χ1n) is 12.7. The van der Waals surface area contributed by atoms with Crippen molar-refractivity contribution in [2.24, 2.45) is 0 Å². The molecule has 1 fully saturated rings. The number of benzene rings is 3. The molecule has 3 aromatic rings. The largest absolute Gasteiger partial charge is 0.478 e. The maximum absolute atomic E-state index is 13.4. The number of hydrogen-bond acceptors (Lipinski definition) is 5. The predicted molar refractivity (Wildman–Crippen MR) is 144 cm³/mol. The first-order valence-corrected chi connectivity index (χ1v) is 12.7. The second-order valence-electron chi connectivity index (χ2n) is 9.96. The second kappa shape index (κ2) is 12.0. The number of aromatic carboxylic acids is 1. The maximum Gasteiger partial charge on any atom is 0.335 e. The molecule has 0 spiro atoms. The number of carbonyl (C=O) groups is 2. The third-order valence-electron chi connectivity index (χ3n) is 6.65. The highest BCUT2D eigenvalue weighted by Crippen LogP contribution is 2.21. The minimum atomic E-state index is -0.916.